The van der Waals surface area contributed by atoms with Crippen molar-refractivity contribution in [2.24, 2.45) is 0 Å². The molecule has 0 bridgehead atoms. The van der Waals surface area contributed by atoms with Crippen LogP contribution in [0.2, 0.25) is 0 Å². The highest BCUT2D eigenvalue weighted by atomic mass is 19.1. The third-order valence-corrected chi connectivity index (χ3v) is 4.58. The van der Waals surface area contributed by atoms with Gasteiger partial charge in [-0.3, -0.25) is 4.79 Å². The van der Waals surface area contributed by atoms with Gasteiger partial charge in [-0.05, 0) is 61.9 Å². The van der Waals surface area contributed by atoms with Crippen LogP contribution in [0.5, 0.6) is 0 Å². The predicted molar refractivity (Wildman–Crippen MR) is 107 cm³/mol. The van der Waals surface area contributed by atoms with Crippen LogP contribution in [-0.2, 0) is 0 Å². The Morgan fingerprint density at radius 3 is 2.32 bits per heavy atom. The Morgan fingerprint density at radius 1 is 0.964 bits per heavy atom. The molecule has 28 heavy (non-hydrogen) atoms. The lowest BCUT2D eigenvalue weighted by Crippen LogP contribution is -2.16. The fraction of sp³-hybridized carbons (Fsp3) is 0.0909. The Labute approximate surface area is 162 Å². The van der Waals surface area contributed by atoms with Gasteiger partial charge < -0.3 is 9.88 Å². The standard InChI is InChI=1S/C22H19FN4O/c1-15-7-3-4-8-19(15)24-21(28)20-16(2)25-27(18-11-9-17(23)10-12-18)22(20)26-13-5-6-14-26/h3-14H,1-2H3,(H,24,28). The Bertz CT molecular complexity index is 1130. The van der Waals surface area contributed by atoms with Gasteiger partial charge in [0, 0.05) is 18.1 Å². The Hall–Kier alpha value is -3.67. The van der Waals surface area contributed by atoms with Gasteiger partial charge in [0.15, 0.2) is 5.82 Å². The van der Waals surface area contributed by atoms with Crippen molar-refractivity contribution in [3.63, 3.8) is 0 Å². The molecule has 5 nitrogen and oxygen atoms in total. The number of hydrogen-bond acceptors (Lipinski definition) is 2. The number of hydrogen-bond donors (Lipinski definition) is 1. The molecule has 0 unspecified atom stereocenters. The summed E-state index contributed by atoms with van der Waals surface area (Å²) in [7, 11) is 0. The summed E-state index contributed by atoms with van der Waals surface area (Å²) in [6, 6.07) is 17.4. The molecule has 0 aliphatic carbocycles. The summed E-state index contributed by atoms with van der Waals surface area (Å²) >= 11 is 0. The van der Waals surface area contributed by atoms with Gasteiger partial charge in [-0.15, -0.1) is 0 Å². The molecule has 2 aromatic carbocycles. The molecule has 140 valence electrons. The van der Waals surface area contributed by atoms with Gasteiger partial charge in [-0.1, -0.05) is 18.2 Å². The number of carbonyl (C=O) groups excluding carboxylic acids is 1. The van der Waals surface area contributed by atoms with E-state index < -0.39 is 0 Å². The quantitative estimate of drug-likeness (QED) is 0.564. The van der Waals surface area contributed by atoms with Crippen LogP contribution < -0.4 is 5.32 Å². The average molecular weight is 374 g/mol. The van der Waals surface area contributed by atoms with E-state index in [1.54, 1.807) is 23.7 Å². The van der Waals surface area contributed by atoms with Gasteiger partial charge >= 0.3 is 0 Å². The Kier molecular flexibility index (Phi) is 4.53. The van der Waals surface area contributed by atoms with Gasteiger partial charge in [0.05, 0.1) is 11.4 Å². The zero-order valence-corrected chi connectivity index (χ0v) is 15.6. The molecule has 1 N–H and O–H groups in total. The van der Waals surface area contributed by atoms with Crippen LogP contribution in [-0.4, -0.2) is 20.3 Å². The number of para-hydroxylation sites is 1. The summed E-state index contributed by atoms with van der Waals surface area (Å²) in [4.78, 5) is 13.2. The molecule has 4 rings (SSSR count). The summed E-state index contributed by atoms with van der Waals surface area (Å²) in [6.45, 7) is 3.73. The minimum Gasteiger partial charge on any atom is -0.322 e. The molecule has 4 aromatic rings. The van der Waals surface area contributed by atoms with Crippen molar-refractivity contribution in [2.75, 3.05) is 5.32 Å². The number of halogens is 1. The minimum atomic E-state index is -0.326. The highest BCUT2D eigenvalue weighted by molar-refractivity contribution is 6.07. The maximum Gasteiger partial charge on any atom is 0.261 e. The van der Waals surface area contributed by atoms with E-state index in [4.69, 9.17) is 0 Å². The first-order chi connectivity index (χ1) is 13.5. The second-order valence-corrected chi connectivity index (χ2v) is 6.53. The van der Waals surface area contributed by atoms with Crippen LogP contribution >= 0.6 is 0 Å². The fourth-order valence-electron chi connectivity index (χ4n) is 3.16. The molecule has 0 aliphatic rings. The zero-order valence-electron chi connectivity index (χ0n) is 15.6. The minimum absolute atomic E-state index is 0.246. The van der Waals surface area contributed by atoms with Gasteiger partial charge in [0.1, 0.15) is 11.4 Å². The number of aromatic nitrogens is 3. The van der Waals surface area contributed by atoms with Gasteiger partial charge in [0.2, 0.25) is 0 Å². The SMILES string of the molecule is Cc1ccccc1NC(=O)c1c(C)nn(-c2ccc(F)cc2)c1-n1cccc1. The molecule has 0 atom stereocenters. The first kappa shape index (κ1) is 17.7. The summed E-state index contributed by atoms with van der Waals surface area (Å²) in [6.07, 6.45) is 3.70. The molecule has 6 heteroatoms. The lowest BCUT2D eigenvalue weighted by atomic mass is 10.1. The first-order valence-electron chi connectivity index (χ1n) is 8.90. The second kappa shape index (κ2) is 7.15. The van der Waals surface area contributed by atoms with Crippen LogP contribution in [0.15, 0.2) is 73.1 Å². The van der Waals surface area contributed by atoms with Gasteiger partial charge in [-0.2, -0.15) is 5.10 Å². The second-order valence-electron chi connectivity index (χ2n) is 6.53. The lowest BCUT2D eigenvalue weighted by Gasteiger charge is -2.12. The van der Waals surface area contributed by atoms with Crippen molar-refractivity contribution in [3.8, 4) is 11.5 Å². The van der Waals surface area contributed by atoms with Crippen LogP contribution in [0.25, 0.3) is 11.5 Å². The monoisotopic (exact) mass is 374 g/mol. The summed E-state index contributed by atoms with van der Waals surface area (Å²) < 4.78 is 16.9. The third-order valence-electron chi connectivity index (χ3n) is 4.58. The van der Waals surface area contributed by atoms with Gasteiger partial charge in [-0.25, -0.2) is 9.07 Å². The van der Waals surface area contributed by atoms with Crippen molar-refractivity contribution >= 4 is 11.6 Å². The molecule has 0 aliphatic heterocycles. The van der Waals surface area contributed by atoms with Crippen LogP contribution in [0.4, 0.5) is 10.1 Å². The number of rotatable bonds is 4. The summed E-state index contributed by atoms with van der Waals surface area (Å²) in [5, 5.41) is 7.54. The Morgan fingerprint density at radius 2 is 1.64 bits per heavy atom. The summed E-state index contributed by atoms with van der Waals surface area (Å²) in [5.74, 6) is 0.0247. The molecule has 0 saturated heterocycles. The molecule has 0 spiro atoms. The topological polar surface area (TPSA) is 51.9 Å². The number of benzene rings is 2. The average Bonchev–Trinajstić information content (AvgIpc) is 3.31. The van der Waals surface area contributed by atoms with Crippen LogP contribution in [0, 0.1) is 19.7 Å². The maximum absolute atomic E-state index is 13.4. The molecule has 0 radical (unpaired) electrons. The van der Waals surface area contributed by atoms with Crippen molar-refractivity contribution < 1.29 is 9.18 Å². The number of carbonyl (C=O) groups is 1. The van der Waals surface area contributed by atoms with E-state index >= 15 is 0 Å². The van der Waals surface area contributed by atoms with E-state index in [0.29, 0.717) is 22.8 Å². The smallest absolute Gasteiger partial charge is 0.261 e. The van der Waals surface area contributed by atoms with E-state index in [1.165, 1.54) is 12.1 Å². The molecular weight excluding hydrogens is 355 g/mol. The third kappa shape index (κ3) is 3.20. The number of nitrogens with zero attached hydrogens (tertiary/aromatic N) is 3. The van der Waals surface area contributed by atoms with Crippen molar-refractivity contribution in [1.29, 1.82) is 0 Å². The largest absolute Gasteiger partial charge is 0.322 e. The molecular formula is C22H19FN4O. The van der Waals surface area contributed by atoms with Crippen molar-refractivity contribution in [2.45, 2.75) is 13.8 Å². The normalized spacial score (nSPS) is 10.8. The molecule has 2 heterocycles. The Balaban J connectivity index is 1.84. The zero-order chi connectivity index (χ0) is 19.7. The van der Waals surface area contributed by atoms with E-state index in [1.807, 2.05) is 60.3 Å². The fourth-order valence-corrected chi connectivity index (χ4v) is 3.16. The van der Waals surface area contributed by atoms with E-state index in [9.17, 15) is 9.18 Å². The highest BCUT2D eigenvalue weighted by Crippen LogP contribution is 2.25. The number of anilines is 1. The number of nitrogens with one attached hydrogen (secondary N) is 1. The number of amides is 1. The van der Waals surface area contributed by atoms with E-state index in [2.05, 4.69) is 10.4 Å². The van der Waals surface area contributed by atoms with Gasteiger partial charge in [0.25, 0.3) is 5.91 Å². The molecule has 1 amide bonds. The van der Waals surface area contributed by atoms with E-state index in [0.717, 1.165) is 11.3 Å². The van der Waals surface area contributed by atoms with Crippen molar-refractivity contribution in [3.05, 3.63) is 95.7 Å². The van der Waals surface area contributed by atoms with E-state index in [-0.39, 0.29) is 11.7 Å². The number of aryl methyl sites for hydroxylation is 2. The molecule has 0 saturated carbocycles. The molecule has 2 aromatic heterocycles. The first-order valence-corrected chi connectivity index (χ1v) is 8.90. The van der Waals surface area contributed by atoms with Crippen LogP contribution in [0.3, 0.4) is 0 Å². The highest BCUT2D eigenvalue weighted by Gasteiger charge is 2.24. The van der Waals surface area contributed by atoms with Crippen molar-refractivity contribution in [1.82, 2.24) is 14.3 Å². The lowest BCUT2D eigenvalue weighted by molar-refractivity contribution is 0.102. The predicted octanol–water partition coefficient (Wildman–Crippen LogP) is 4.67. The van der Waals surface area contributed by atoms with Crippen LogP contribution in [0.1, 0.15) is 21.6 Å². The summed E-state index contributed by atoms with van der Waals surface area (Å²) in [5.41, 5.74) is 3.44. The molecule has 0 fully saturated rings. The maximum atomic E-state index is 13.4.